The van der Waals surface area contributed by atoms with E-state index in [-0.39, 0.29) is 30.7 Å². The number of hydrogen-bond donors (Lipinski definition) is 2. The third-order valence-corrected chi connectivity index (χ3v) is 3.75. The van der Waals surface area contributed by atoms with Gasteiger partial charge in [-0.15, -0.1) is 24.8 Å². The van der Waals surface area contributed by atoms with Crippen LogP contribution in [0.5, 0.6) is 0 Å². The van der Waals surface area contributed by atoms with Crippen molar-refractivity contribution >= 4 is 30.7 Å². The fourth-order valence-electron chi connectivity index (χ4n) is 2.57. The number of nitrogens with two attached hydrogens (primary N) is 1. The van der Waals surface area contributed by atoms with Crippen LogP contribution in [0.2, 0.25) is 0 Å². The molecule has 22 heavy (non-hydrogen) atoms. The standard InChI is InChI=1S/C15H25N3O2.2ClH/c16-11-14-10-13(12-20-14)15(19)17-6-5-9-18-7-3-1-2-4-8-18;;/h10,12H,1-9,11,16H2,(H,17,19);2*1H. The van der Waals surface area contributed by atoms with Gasteiger partial charge in [0, 0.05) is 6.54 Å². The quantitative estimate of drug-likeness (QED) is 0.772. The van der Waals surface area contributed by atoms with E-state index >= 15 is 0 Å². The molecule has 7 heteroatoms. The fraction of sp³-hybridized carbons (Fsp3) is 0.667. The van der Waals surface area contributed by atoms with Crippen molar-refractivity contribution < 1.29 is 9.21 Å². The van der Waals surface area contributed by atoms with Gasteiger partial charge in [0.25, 0.3) is 5.91 Å². The molecule has 0 spiro atoms. The lowest BCUT2D eigenvalue weighted by Crippen LogP contribution is -2.30. The van der Waals surface area contributed by atoms with Crippen molar-refractivity contribution in [3.63, 3.8) is 0 Å². The molecule has 1 fully saturated rings. The molecule has 1 aromatic heterocycles. The third kappa shape index (κ3) is 7.01. The Labute approximate surface area is 144 Å². The average molecular weight is 352 g/mol. The van der Waals surface area contributed by atoms with E-state index in [9.17, 15) is 4.79 Å². The van der Waals surface area contributed by atoms with Gasteiger partial charge < -0.3 is 20.4 Å². The maximum atomic E-state index is 11.9. The van der Waals surface area contributed by atoms with E-state index in [1.807, 2.05) is 0 Å². The van der Waals surface area contributed by atoms with Crippen LogP contribution in [-0.2, 0) is 6.54 Å². The molecule has 1 aliphatic rings. The highest BCUT2D eigenvalue weighted by Crippen LogP contribution is 2.10. The Bertz CT molecular complexity index is 419. The summed E-state index contributed by atoms with van der Waals surface area (Å²) in [7, 11) is 0. The van der Waals surface area contributed by atoms with E-state index < -0.39 is 0 Å². The molecule has 1 amide bonds. The summed E-state index contributed by atoms with van der Waals surface area (Å²) < 4.78 is 5.16. The van der Waals surface area contributed by atoms with Crippen LogP contribution in [0.15, 0.2) is 16.7 Å². The lowest BCUT2D eigenvalue weighted by atomic mass is 10.2. The third-order valence-electron chi connectivity index (χ3n) is 3.75. The predicted octanol–water partition coefficient (Wildman–Crippen LogP) is 2.58. The highest BCUT2D eigenvalue weighted by molar-refractivity contribution is 5.93. The van der Waals surface area contributed by atoms with Gasteiger partial charge in [-0.05, 0) is 45.0 Å². The Morgan fingerprint density at radius 2 is 1.91 bits per heavy atom. The van der Waals surface area contributed by atoms with Gasteiger partial charge in [-0.2, -0.15) is 0 Å². The van der Waals surface area contributed by atoms with Crippen LogP contribution >= 0.6 is 24.8 Å². The Kier molecular flexibility index (Phi) is 11.4. The summed E-state index contributed by atoms with van der Waals surface area (Å²) in [6.45, 7) is 4.51. The van der Waals surface area contributed by atoms with E-state index in [2.05, 4.69) is 10.2 Å². The van der Waals surface area contributed by atoms with E-state index in [1.54, 1.807) is 6.07 Å². The van der Waals surface area contributed by atoms with Crippen LogP contribution in [0.4, 0.5) is 0 Å². The zero-order chi connectivity index (χ0) is 14.2. The van der Waals surface area contributed by atoms with Crippen LogP contribution < -0.4 is 11.1 Å². The number of nitrogens with zero attached hydrogens (tertiary/aromatic N) is 1. The molecule has 2 rings (SSSR count). The maximum Gasteiger partial charge on any atom is 0.254 e. The summed E-state index contributed by atoms with van der Waals surface area (Å²) in [6, 6.07) is 1.70. The van der Waals surface area contributed by atoms with Gasteiger partial charge in [0.2, 0.25) is 0 Å². The largest absolute Gasteiger partial charge is 0.467 e. The molecule has 2 heterocycles. The lowest BCUT2D eigenvalue weighted by Gasteiger charge is -2.19. The molecule has 0 atom stereocenters. The van der Waals surface area contributed by atoms with Crippen molar-refractivity contribution in [1.82, 2.24) is 10.2 Å². The second-order valence-corrected chi connectivity index (χ2v) is 5.37. The van der Waals surface area contributed by atoms with Crippen molar-refractivity contribution in [1.29, 1.82) is 0 Å². The van der Waals surface area contributed by atoms with E-state index in [0.717, 1.165) is 13.0 Å². The van der Waals surface area contributed by atoms with Gasteiger partial charge in [-0.3, -0.25) is 4.79 Å². The van der Waals surface area contributed by atoms with Crippen molar-refractivity contribution in [2.75, 3.05) is 26.2 Å². The van der Waals surface area contributed by atoms with Crippen molar-refractivity contribution in [2.45, 2.75) is 38.6 Å². The molecule has 1 aromatic rings. The molecule has 3 N–H and O–H groups in total. The Morgan fingerprint density at radius 1 is 1.23 bits per heavy atom. The van der Waals surface area contributed by atoms with Gasteiger partial charge in [-0.1, -0.05) is 12.8 Å². The molecule has 0 aliphatic carbocycles. The molecule has 0 saturated carbocycles. The number of carbonyl (C=O) groups excluding carboxylic acids is 1. The minimum absolute atomic E-state index is 0. The molecule has 5 nitrogen and oxygen atoms in total. The summed E-state index contributed by atoms with van der Waals surface area (Å²) in [4.78, 5) is 14.4. The zero-order valence-electron chi connectivity index (χ0n) is 12.9. The van der Waals surface area contributed by atoms with Crippen LogP contribution in [0.3, 0.4) is 0 Å². The van der Waals surface area contributed by atoms with Gasteiger partial charge in [-0.25, -0.2) is 0 Å². The first-order chi connectivity index (χ1) is 9.79. The first-order valence-electron chi connectivity index (χ1n) is 7.57. The predicted molar refractivity (Wildman–Crippen MR) is 93.0 cm³/mol. The minimum atomic E-state index is -0.0793. The average Bonchev–Trinajstić information content (AvgIpc) is 2.80. The second-order valence-electron chi connectivity index (χ2n) is 5.37. The van der Waals surface area contributed by atoms with Crippen LogP contribution in [0.25, 0.3) is 0 Å². The lowest BCUT2D eigenvalue weighted by molar-refractivity contribution is 0.0951. The first kappa shape index (κ1) is 21.2. The van der Waals surface area contributed by atoms with E-state index in [1.165, 1.54) is 45.0 Å². The first-order valence-corrected chi connectivity index (χ1v) is 7.57. The molecular formula is C15H27Cl2N3O2. The minimum Gasteiger partial charge on any atom is -0.467 e. The molecule has 1 aliphatic heterocycles. The molecule has 0 bridgehead atoms. The van der Waals surface area contributed by atoms with Crippen molar-refractivity contribution in [2.24, 2.45) is 5.73 Å². The summed E-state index contributed by atoms with van der Waals surface area (Å²) in [5.74, 6) is 0.559. The number of nitrogens with one attached hydrogen (secondary N) is 1. The maximum absolute atomic E-state index is 11.9. The molecule has 0 unspecified atom stereocenters. The number of likely N-dealkylation sites (tertiary alicyclic amines) is 1. The van der Waals surface area contributed by atoms with Gasteiger partial charge in [0.1, 0.15) is 12.0 Å². The highest BCUT2D eigenvalue weighted by atomic mass is 35.5. The van der Waals surface area contributed by atoms with Gasteiger partial charge >= 0.3 is 0 Å². The number of hydrogen-bond acceptors (Lipinski definition) is 4. The Morgan fingerprint density at radius 3 is 2.50 bits per heavy atom. The van der Waals surface area contributed by atoms with Gasteiger partial charge in [0.15, 0.2) is 0 Å². The Balaban J connectivity index is 0.00000220. The molecular weight excluding hydrogens is 325 g/mol. The van der Waals surface area contributed by atoms with E-state index in [4.69, 9.17) is 10.2 Å². The normalized spacial score (nSPS) is 15.3. The number of furan rings is 1. The summed E-state index contributed by atoms with van der Waals surface area (Å²) in [5, 5.41) is 2.93. The molecule has 0 aromatic carbocycles. The number of amides is 1. The molecule has 0 radical (unpaired) electrons. The van der Waals surface area contributed by atoms with Crippen LogP contribution in [-0.4, -0.2) is 37.0 Å². The fourth-order valence-corrected chi connectivity index (χ4v) is 2.57. The van der Waals surface area contributed by atoms with Crippen molar-refractivity contribution in [3.05, 3.63) is 23.7 Å². The highest BCUT2D eigenvalue weighted by Gasteiger charge is 2.10. The molecule has 1 saturated heterocycles. The monoisotopic (exact) mass is 351 g/mol. The van der Waals surface area contributed by atoms with E-state index in [0.29, 0.717) is 24.4 Å². The zero-order valence-corrected chi connectivity index (χ0v) is 14.5. The van der Waals surface area contributed by atoms with Crippen LogP contribution in [0, 0.1) is 0 Å². The number of rotatable bonds is 6. The topological polar surface area (TPSA) is 71.5 Å². The SMILES string of the molecule is Cl.Cl.NCc1cc(C(=O)NCCCN2CCCCCC2)co1. The van der Waals surface area contributed by atoms with Crippen molar-refractivity contribution in [3.8, 4) is 0 Å². The summed E-state index contributed by atoms with van der Waals surface area (Å²) in [5.41, 5.74) is 6.01. The van der Waals surface area contributed by atoms with Gasteiger partial charge in [0.05, 0.1) is 12.1 Å². The number of carbonyl (C=O) groups is 1. The second kappa shape index (κ2) is 11.8. The summed E-state index contributed by atoms with van der Waals surface area (Å²) in [6.07, 6.45) is 7.79. The molecule has 128 valence electrons. The summed E-state index contributed by atoms with van der Waals surface area (Å²) >= 11 is 0. The Hall–Kier alpha value is -0.750. The smallest absolute Gasteiger partial charge is 0.254 e. The van der Waals surface area contributed by atoms with Crippen LogP contribution in [0.1, 0.15) is 48.2 Å². The number of halogens is 2.